The van der Waals surface area contributed by atoms with E-state index in [1.54, 1.807) is 27.6 Å². The number of aromatic nitrogens is 4. The molecule has 0 amide bonds. The molecule has 0 aliphatic carbocycles. The molecule has 4 aromatic heterocycles. The Hall–Kier alpha value is -2.37. The van der Waals surface area contributed by atoms with Crippen LogP contribution >= 0.6 is 22.6 Å². The summed E-state index contributed by atoms with van der Waals surface area (Å²) in [6.07, 6.45) is 7.15. The summed E-state index contributed by atoms with van der Waals surface area (Å²) < 4.78 is 15.9. The third-order valence-corrected chi connectivity index (χ3v) is 5.19. The van der Waals surface area contributed by atoms with Gasteiger partial charge in [0.25, 0.3) is 0 Å². The van der Waals surface area contributed by atoms with E-state index in [0.717, 1.165) is 14.6 Å². The molecule has 0 atom stereocenters. The second-order valence-electron chi connectivity index (χ2n) is 8.29. The molecular formula is C22H27IN4O4. The molecule has 0 saturated carbocycles. The second kappa shape index (κ2) is 9.41. The summed E-state index contributed by atoms with van der Waals surface area (Å²) in [7, 11) is 0. The van der Waals surface area contributed by atoms with E-state index < -0.39 is 11.2 Å². The first-order valence-corrected chi connectivity index (χ1v) is 10.9. The average molecular weight is 538 g/mol. The van der Waals surface area contributed by atoms with E-state index in [1.807, 2.05) is 64.2 Å². The monoisotopic (exact) mass is 538 g/mol. The summed E-state index contributed by atoms with van der Waals surface area (Å²) in [5.41, 5.74) is 0.924. The Bertz CT molecular complexity index is 1150. The normalized spacial score (nSPS) is 12.0. The summed E-state index contributed by atoms with van der Waals surface area (Å²) in [5.74, 6) is 1.40. The van der Waals surface area contributed by atoms with Crippen LogP contribution in [-0.2, 0) is 0 Å². The van der Waals surface area contributed by atoms with Gasteiger partial charge in [0, 0.05) is 6.20 Å². The van der Waals surface area contributed by atoms with E-state index in [-0.39, 0.29) is 13.2 Å². The van der Waals surface area contributed by atoms with Crippen LogP contribution in [0, 0.1) is 3.57 Å². The van der Waals surface area contributed by atoms with E-state index in [4.69, 9.17) is 19.7 Å². The molecule has 0 fully saturated rings. The highest BCUT2D eigenvalue weighted by molar-refractivity contribution is 14.1. The van der Waals surface area contributed by atoms with Crippen LogP contribution in [0.25, 0.3) is 11.0 Å². The second-order valence-corrected chi connectivity index (χ2v) is 9.45. The predicted molar refractivity (Wildman–Crippen MR) is 127 cm³/mol. The fourth-order valence-corrected chi connectivity index (χ4v) is 3.20. The minimum absolute atomic E-state index is 0.0237. The molecule has 0 aromatic carbocycles. The van der Waals surface area contributed by atoms with Gasteiger partial charge in [0.1, 0.15) is 22.7 Å². The van der Waals surface area contributed by atoms with Crippen LogP contribution in [-0.4, -0.2) is 53.9 Å². The summed E-state index contributed by atoms with van der Waals surface area (Å²) in [4.78, 5) is 0. The van der Waals surface area contributed by atoms with Crippen molar-refractivity contribution in [3.8, 4) is 11.5 Å². The third-order valence-electron chi connectivity index (χ3n) is 4.36. The molecule has 4 rings (SSSR count). The van der Waals surface area contributed by atoms with Gasteiger partial charge in [-0.15, -0.1) is 0 Å². The summed E-state index contributed by atoms with van der Waals surface area (Å²) in [6, 6.07) is 9.55. The van der Waals surface area contributed by atoms with Crippen molar-refractivity contribution in [2.45, 2.75) is 38.9 Å². The number of rotatable bonds is 6. The Kier molecular flexibility index (Phi) is 7.07. The molecule has 166 valence electrons. The molecular weight excluding hydrogens is 511 g/mol. The van der Waals surface area contributed by atoms with Crippen LogP contribution in [0.2, 0.25) is 0 Å². The zero-order valence-electron chi connectivity index (χ0n) is 18.0. The number of halogens is 1. The SMILES string of the molecule is CC(C)(CO)Oc1ccc2c(I)cnn2c1.CC(C)(CO)Oc1ccc2ccnn2c1. The van der Waals surface area contributed by atoms with Crippen molar-refractivity contribution < 1.29 is 19.7 Å². The molecule has 0 spiro atoms. The van der Waals surface area contributed by atoms with Crippen LogP contribution in [0.3, 0.4) is 0 Å². The standard InChI is InChI=1S/C11H13IN2O2.C11H14N2O2/c1-11(2,7-15)16-8-3-4-10-9(12)5-13-14(10)6-8;1-11(2,8-14)15-10-4-3-9-5-6-12-13(9)7-10/h3-6,15H,7H2,1-2H3;3-7,14H,8H2,1-2H3. The van der Waals surface area contributed by atoms with Gasteiger partial charge >= 0.3 is 0 Å². The molecule has 0 radical (unpaired) electrons. The highest BCUT2D eigenvalue weighted by Gasteiger charge is 2.19. The zero-order chi connectivity index (χ0) is 22.6. The molecule has 2 N–H and O–H groups in total. The zero-order valence-corrected chi connectivity index (χ0v) is 20.1. The Labute approximate surface area is 194 Å². The van der Waals surface area contributed by atoms with Crippen molar-refractivity contribution in [2.75, 3.05) is 13.2 Å². The Morgan fingerprint density at radius 3 is 2.03 bits per heavy atom. The summed E-state index contributed by atoms with van der Waals surface area (Å²) in [6.45, 7) is 7.29. The Morgan fingerprint density at radius 2 is 1.42 bits per heavy atom. The molecule has 0 aliphatic heterocycles. The van der Waals surface area contributed by atoms with Crippen molar-refractivity contribution in [2.24, 2.45) is 0 Å². The van der Waals surface area contributed by atoms with Crippen LogP contribution in [0.15, 0.2) is 55.1 Å². The molecule has 31 heavy (non-hydrogen) atoms. The molecule has 0 aliphatic rings. The first-order valence-electron chi connectivity index (χ1n) is 9.78. The van der Waals surface area contributed by atoms with E-state index in [0.29, 0.717) is 11.5 Å². The number of hydrogen-bond donors (Lipinski definition) is 2. The van der Waals surface area contributed by atoms with Gasteiger partial charge in [-0.1, -0.05) is 0 Å². The van der Waals surface area contributed by atoms with E-state index in [9.17, 15) is 0 Å². The first kappa shape index (κ1) is 23.3. The number of ether oxygens (including phenoxy) is 2. The highest BCUT2D eigenvalue weighted by atomic mass is 127. The summed E-state index contributed by atoms with van der Waals surface area (Å²) in [5, 5.41) is 26.5. The topological polar surface area (TPSA) is 93.5 Å². The maximum absolute atomic E-state index is 9.12. The van der Waals surface area contributed by atoms with Crippen LogP contribution in [0.1, 0.15) is 27.7 Å². The number of aliphatic hydroxyl groups is 2. The number of pyridine rings is 2. The van der Waals surface area contributed by atoms with Gasteiger partial charge in [-0.2, -0.15) is 10.2 Å². The van der Waals surface area contributed by atoms with Crippen LogP contribution < -0.4 is 9.47 Å². The Balaban J connectivity index is 0.000000176. The molecule has 4 heterocycles. The van der Waals surface area contributed by atoms with E-state index in [2.05, 4.69) is 32.8 Å². The summed E-state index contributed by atoms with van der Waals surface area (Å²) >= 11 is 2.24. The Morgan fingerprint density at radius 1 is 0.839 bits per heavy atom. The third kappa shape index (κ3) is 6.08. The molecule has 0 bridgehead atoms. The quantitative estimate of drug-likeness (QED) is 0.365. The predicted octanol–water partition coefficient (Wildman–Crippen LogP) is 3.57. The van der Waals surface area contributed by atoms with Gasteiger partial charge < -0.3 is 19.7 Å². The molecule has 9 heteroatoms. The minimum Gasteiger partial charge on any atom is -0.484 e. The van der Waals surface area contributed by atoms with Gasteiger partial charge in [0.05, 0.1) is 46.4 Å². The van der Waals surface area contributed by atoms with Crippen molar-refractivity contribution >= 4 is 33.6 Å². The number of nitrogens with zero attached hydrogens (tertiary/aromatic N) is 4. The lowest BCUT2D eigenvalue weighted by atomic mass is 10.1. The van der Waals surface area contributed by atoms with Crippen molar-refractivity contribution in [3.05, 3.63) is 58.7 Å². The van der Waals surface area contributed by atoms with Crippen LogP contribution in [0.5, 0.6) is 11.5 Å². The van der Waals surface area contributed by atoms with Crippen molar-refractivity contribution in [1.82, 2.24) is 19.2 Å². The molecule has 0 saturated heterocycles. The first-order chi connectivity index (χ1) is 14.6. The molecule has 0 unspecified atom stereocenters. The maximum Gasteiger partial charge on any atom is 0.138 e. The molecule has 8 nitrogen and oxygen atoms in total. The van der Waals surface area contributed by atoms with Gasteiger partial charge in [0.2, 0.25) is 0 Å². The van der Waals surface area contributed by atoms with Crippen molar-refractivity contribution in [1.29, 1.82) is 0 Å². The van der Waals surface area contributed by atoms with Gasteiger partial charge in [0.15, 0.2) is 0 Å². The van der Waals surface area contributed by atoms with Crippen LogP contribution in [0.4, 0.5) is 0 Å². The fraction of sp³-hybridized carbons (Fsp3) is 0.364. The average Bonchev–Trinajstić information content (AvgIpc) is 3.34. The van der Waals surface area contributed by atoms with Gasteiger partial charge in [-0.25, -0.2) is 9.03 Å². The lowest BCUT2D eigenvalue weighted by molar-refractivity contribution is 0.0407. The largest absolute Gasteiger partial charge is 0.484 e. The maximum atomic E-state index is 9.12. The number of hydrogen-bond acceptors (Lipinski definition) is 6. The molecule has 4 aromatic rings. The lowest BCUT2D eigenvalue weighted by Crippen LogP contribution is -2.32. The van der Waals surface area contributed by atoms with E-state index in [1.165, 1.54) is 0 Å². The smallest absolute Gasteiger partial charge is 0.138 e. The van der Waals surface area contributed by atoms with Gasteiger partial charge in [-0.05, 0) is 80.6 Å². The number of fused-ring (bicyclic) bond motifs is 2. The highest BCUT2D eigenvalue weighted by Crippen LogP contribution is 2.21. The fourth-order valence-electron chi connectivity index (χ4n) is 2.65. The van der Waals surface area contributed by atoms with Gasteiger partial charge in [-0.3, -0.25) is 0 Å². The number of aliphatic hydroxyl groups excluding tert-OH is 2. The lowest BCUT2D eigenvalue weighted by Gasteiger charge is -2.23. The minimum atomic E-state index is -0.575. The van der Waals surface area contributed by atoms with E-state index >= 15 is 0 Å². The van der Waals surface area contributed by atoms with Crippen molar-refractivity contribution in [3.63, 3.8) is 0 Å².